The van der Waals surface area contributed by atoms with Gasteiger partial charge in [0.1, 0.15) is 5.58 Å². The molecule has 8 heteroatoms. The lowest BCUT2D eigenvalue weighted by Gasteiger charge is -2.31. The molecule has 3 heterocycles. The summed E-state index contributed by atoms with van der Waals surface area (Å²) in [5, 5.41) is 0.469. The van der Waals surface area contributed by atoms with Crippen molar-refractivity contribution in [1.82, 2.24) is 9.80 Å². The largest absolute Gasteiger partial charge is 0.493 e. The number of carbonyl (C=O) groups excluding carboxylic acids is 1. The first-order chi connectivity index (χ1) is 18.1. The van der Waals surface area contributed by atoms with Crippen molar-refractivity contribution in [2.45, 2.75) is 32.2 Å². The van der Waals surface area contributed by atoms with Gasteiger partial charge < -0.3 is 23.5 Å². The summed E-state index contributed by atoms with van der Waals surface area (Å²) in [7, 11) is 1.60. The molecule has 2 aromatic carbocycles. The van der Waals surface area contributed by atoms with Crippen LogP contribution >= 0.6 is 0 Å². The molecule has 37 heavy (non-hydrogen) atoms. The first-order valence-corrected chi connectivity index (χ1v) is 13.1. The van der Waals surface area contributed by atoms with Crippen LogP contribution in [0.4, 0.5) is 0 Å². The molecule has 0 radical (unpaired) electrons. The maximum atomic E-state index is 13.7. The molecule has 196 valence electrons. The second kappa shape index (κ2) is 11.4. The Morgan fingerprint density at radius 2 is 1.81 bits per heavy atom. The normalized spacial score (nSPS) is 17.8. The van der Waals surface area contributed by atoms with Crippen LogP contribution in [0.2, 0.25) is 0 Å². The Labute approximate surface area is 216 Å². The minimum Gasteiger partial charge on any atom is -0.493 e. The molecule has 8 nitrogen and oxygen atoms in total. The molecule has 0 aliphatic carbocycles. The third-order valence-corrected chi connectivity index (χ3v) is 7.14. The van der Waals surface area contributed by atoms with E-state index in [-0.39, 0.29) is 17.1 Å². The van der Waals surface area contributed by atoms with Crippen LogP contribution in [0.5, 0.6) is 11.5 Å². The number of hydrogen-bond acceptors (Lipinski definition) is 7. The quantitative estimate of drug-likeness (QED) is 0.380. The number of para-hydroxylation sites is 1. The topological polar surface area (TPSA) is 81.5 Å². The third-order valence-electron chi connectivity index (χ3n) is 7.14. The monoisotopic (exact) mass is 506 g/mol. The fourth-order valence-corrected chi connectivity index (χ4v) is 5.13. The molecule has 1 fully saturated rings. The van der Waals surface area contributed by atoms with E-state index >= 15 is 0 Å². The lowest BCUT2D eigenvalue weighted by molar-refractivity contribution is 0.0314. The van der Waals surface area contributed by atoms with E-state index in [1.165, 1.54) is 0 Å². The Morgan fingerprint density at radius 3 is 2.59 bits per heavy atom. The van der Waals surface area contributed by atoms with Gasteiger partial charge in [-0.2, -0.15) is 0 Å². The van der Waals surface area contributed by atoms with Crippen molar-refractivity contribution < 1.29 is 23.4 Å². The summed E-state index contributed by atoms with van der Waals surface area (Å²) in [6, 6.07) is 12.2. The van der Waals surface area contributed by atoms with Crippen molar-refractivity contribution in [3.63, 3.8) is 0 Å². The van der Waals surface area contributed by atoms with Crippen LogP contribution in [-0.2, 0) is 4.74 Å². The van der Waals surface area contributed by atoms with Crippen LogP contribution in [0.25, 0.3) is 11.0 Å². The molecule has 1 saturated heterocycles. The van der Waals surface area contributed by atoms with E-state index in [1.54, 1.807) is 36.3 Å². The second-order valence-corrected chi connectivity index (χ2v) is 9.49. The molecule has 5 rings (SSSR count). The Kier molecular flexibility index (Phi) is 7.76. The number of methoxy groups -OCH3 is 1. The number of amides is 1. The summed E-state index contributed by atoms with van der Waals surface area (Å²) >= 11 is 0. The fraction of sp³-hybridized carbons (Fsp3) is 0.448. The minimum absolute atomic E-state index is 0.120. The van der Waals surface area contributed by atoms with Gasteiger partial charge in [-0.25, -0.2) is 0 Å². The van der Waals surface area contributed by atoms with Crippen molar-refractivity contribution in [2.75, 3.05) is 53.1 Å². The van der Waals surface area contributed by atoms with Crippen LogP contribution in [0, 0.1) is 0 Å². The minimum atomic E-state index is -0.576. The fourth-order valence-electron chi connectivity index (χ4n) is 5.13. The van der Waals surface area contributed by atoms with Gasteiger partial charge in [0.05, 0.1) is 43.9 Å². The maximum Gasteiger partial charge on any atom is 0.290 e. The number of benzene rings is 2. The van der Waals surface area contributed by atoms with Crippen LogP contribution in [0.15, 0.2) is 51.7 Å². The SMILES string of the molecule is CCCCCOc1ccc(C2c3c(oc4ccccc4c3=O)C(=O)N2CCN2CCOCC2)cc1OC. The van der Waals surface area contributed by atoms with E-state index in [1.807, 2.05) is 18.2 Å². The highest BCUT2D eigenvalue weighted by Crippen LogP contribution is 2.41. The predicted molar refractivity (Wildman–Crippen MR) is 141 cm³/mol. The van der Waals surface area contributed by atoms with Crippen LogP contribution in [0.3, 0.4) is 0 Å². The molecular formula is C29H34N2O6. The van der Waals surface area contributed by atoms with Gasteiger partial charge in [0.25, 0.3) is 5.91 Å². The summed E-state index contributed by atoms with van der Waals surface area (Å²) in [4.78, 5) is 31.4. The molecule has 2 aliphatic heterocycles. The molecule has 0 spiro atoms. The van der Waals surface area contributed by atoms with Gasteiger partial charge in [-0.15, -0.1) is 0 Å². The molecular weight excluding hydrogens is 472 g/mol. The highest BCUT2D eigenvalue weighted by molar-refractivity contribution is 5.99. The zero-order valence-corrected chi connectivity index (χ0v) is 21.5. The molecule has 1 atom stereocenters. The number of ether oxygens (including phenoxy) is 3. The number of nitrogens with zero attached hydrogens (tertiary/aromatic N) is 2. The summed E-state index contributed by atoms with van der Waals surface area (Å²) in [5.41, 5.74) is 1.41. The van der Waals surface area contributed by atoms with Crippen molar-refractivity contribution >= 4 is 16.9 Å². The molecule has 1 amide bonds. The Bertz CT molecular complexity index is 1310. The first kappa shape index (κ1) is 25.3. The van der Waals surface area contributed by atoms with E-state index in [0.717, 1.165) is 37.9 Å². The molecule has 1 aromatic heterocycles. The number of unbranched alkanes of at least 4 members (excludes halogenated alkanes) is 2. The second-order valence-electron chi connectivity index (χ2n) is 9.49. The molecule has 0 saturated carbocycles. The number of rotatable bonds is 10. The maximum absolute atomic E-state index is 13.7. The van der Waals surface area contributed by atoms with Gasteiger partial charge in [0.2, 0.25) is 5.76 Å². The Balaban J connectivity index is 1.53. The first-order valence-electron chi connectivity index (χ1n) is 13.1. The van der Waals surface area contributed by atoms with Crippen molar-refractivity contribution in [3.8, 4) is 11.5 Å². The highest BCUT2D eigenvalue weighted by atomic mass is 16.5. The average molecular weight is 507 g/mol. The van der Waals surface area contributed by atoms with Gasteiger partial charge in [0, 0.05) is 26.2 Å². The van der Waals surface area contributed by atoms with Gasteiger partial charge in [-0.3, -0.25) is 14.5 Å². The van der Waals surface area contributed by atoms with E-state index < -0.39 is 6.04 Å². The van der Waals surface area contributed by atoms with Crippen LogP contribution in [-0.4, -0.2) is 68.8 Å². The third kappa shape index (κ3) is 5.08. The van der Waals surface area contributed by atoms with Gasteiger partial charge in [-0.1, -0.05) is 38.0 Å². The summed E-state index contributed by atoms with van der Waals surface area (Å²) in [6.45, 7) is 6.90. The molecule has 2 aliphatic rings. The zero-order chi connectivity index (χ0) is 25.8. The molecule has 0 bridgehead atoms. The number of carbonyl (C=O) groups is 1. The van der Waals surface area contributed by atoms with Crippen LogP contribution < -0.4 is 14.9 Å². The van der Waals surface area contributed by atoms with Crippen molar-refractivity contribution in [1.29, 1.82) is 0 Å². The van der Waals surface area contributed by atoms with E-state index in [0.29, 0.717) is 60.9 Å². The lowest BCUT2D eigenvalue weighted by atomic mass is 9.98. The molecule has 0 N–H and O–H groups in total. The van der Waals surface area contributed by atoms with Crippen LogP contribution in [0.1, 0.15) is 53.9 Å². The van der Waals surface area contributed by atoms with E-state index in [4.69, 9.17) is 18.6 Å². The molecule has 3 aromatic rings. The standard InChI is InChI=1S/C29H34N2O6/c1-3-4-7-16-36-23-11-10-20(19-24(23)34-2)26-25-27(32)21-8-5-6-9-22(21)37-28(25)29(33)31(26)13-12-30-14-17-35-18-15-30/h5-6,8-11,19,26H,3-4,7,12-18H2,1-2H3. The van der Waals surface area contributed by atoms with Crippen molar-refractivity contribution in [2.24, 2.45) is 0 Å². The van der Waals surface area contributed by atoms with Gasteiger partial charge in [0.15, 0.2) is 16.9 Å². The van der Waals surface area contributed by atoms with E-state index in [2.05, 4.69) is 11.8 Å². The molecule has 1 unspecified atom stereocenters. The Morgan fingerprint density at radius 1 is 1.00 bits per heavy atom. The average Bonchev–Trinajstić information content (AvgIpc) is 3.22. The summed E-state index contributed by atoms with van der Waals surface area (Å²) in [6.07, 6.45) is 3.19. The summed E-state index contributed by atoms with van der Waals surface area (Å²) < 4.78 is 23.1. The lowest BCUT2D eigenvalue weighted by Crippen LogP contribution is -2.42. The summed E-state index contributed by atoms with van der Waals surface area (Å²) in [5.74, 6) is 1.08. The van der Waals surface area contributed by atoms with Gasteiger partial charge in [-0.05, 0) is 36.2 Å². The van der Waals surface area contributed by atoms with Crippen molar-refractivity contribution in [3.05, 3.63) is 69.6 Å². The number of fused-ring (bicyclic) bond motifs is 2. The van der Waals surface area contributed by atoms with E-state index in [9.17, 15) is 9.59 Å². The van der Waals surface area contributed by atoms with Gasteiger partial charge >= 0.3 is 0 Å². The number of morpholine rings is 1. The predicted octanol–water partition coefficient (Wildman–Crippen LogP) is 4.25. The Hall–Kier alpha value is -3.36. The smallest absolute Gasteiger partial charge is 0.290 e. The highest BCUT2D eigenvalue weighted by Gasteiger charge is 2.43. The number of hydrogen-bond donors (Lipinski definition) is 0. The zero-order valence-electron chi connectivity index (χ0n) is 21.5.